The topological polar surface area (TPSA) is 162 Å². The summed E-state index contributed by atoms with van der Waals surface area (Å²) in [6.07, 6.45) is 3.23. The number of hydrogen-bond donors (Lipinski definition) is 4. The molecule has 0 radical (unpaired) electrons. The van der Waals surface area contributed by atoms with Gasteiger partial charge in [-0.25, -0.2) is 9.02 Å². The summed E-state index contributed by atoms with van der Waals surface area (Å²) in [7, 11) is 3.38. The van der Waals surface area contributed by atoms with Gasteiger partial charge in [-0.3, -0.25) is 19.7 Å². The van der Waals surface area contributed by atoms with E-state index in [-0.39, 0.29) is 29.8 Å². The van der Waals surface area contributed by atoms with Gasteiger partial charge in [0.1, 0.15) is 24.2 Å². The molecule has 46 heavy (non-hydrogen) atoms. The van der Waals surface area contributed by atoms with Gasteiger partial charge in [0.25, 0.3) is 0 Å². The lowest BCUT2D eigenvalue weighted by atomic mass is 9.88. The molecule has 13 nitrogen and oxygen atoms in total. The smallest absolute Gasteiger partial charge is 0.246 e. The van der Waals surface area contributed by atoms with E-state index in [1.807, 2.05) is 14.0 Å². The SMILES string of the molecule is CCc1nonc1C(O)N[C@H](C(=O)Nc1ccc([C@H](C)[C@@H](NC(=O)COC)C(=O)N2CCN(C)CC2)cc1F)C(C1CC1)C1CC1. The summed E-state index contributed by atoms with van der Waals surface area (Å²) in [5.41, 5.74) is 1.20. The number of aliphatic hydroxyl groups is 1. The molecule has 2 aliphatic carbocycles. The Kier molecular flexibility index (Phi) is 11.0. The van der Waals surface area contributed by atoms with E-state index in [4.69, 9.17) is 9.37 Å². The zero-order valence-electron chi connectivity index (χ0n) is 27.0. The highest BCUT2D eigenvalue weighted by atomic mass is 19.1. The lowest BCUT2D eigenvalue weighted by Gasteiger charge is -2.36. The Labute approximate surface area is 268 Å². The molecule has 4 atom stereocenters. The number of nitrogens with zero attached hydrogens (tertiary/aromatic N) is 4. The predicted molar refractivity (Wildman–Crippen MR) is 166 cm³/mol. The van der Waals surface area contributed by atoms with E-state index in [0.29, 0.717) is 55.7 Å². The van der Waals surface area contributed by atoms with E-state index in [1.54, 1.807) is 17.9 Å². The number of nitrogens with one attached hydrogen (secondary N) is 3. The Bertz CT molecular complexity index is 1360. The van der Waals surface area contributed by atoms with Gasteiger partial charge >= 0.3 is 0 Å². The Morgan fingerprint density at radius 3 is 2.35 bits per heavy atom. The third-order valence-corrected chi connectivity index (χ3v) is 9.47. The Hall–Kier alpha value is -3.46. The molecule has 1 aromatic carbocycles. The highest BCUT2D eigenvalue weighted by molar-refractivity contribution is 5.95. The van der Waals surface area contributed by atoms with Crippen molar-refractivity contribution in [1.29, 1.82) is 0 Å². The first kappa shape index (κ1) is 33.9. The van der Waals surface area contributed by atoms with Crippen LogP contribution in [0.5, 0.6) is 0 Å². The molecule has 0 spiro atoms. The number of carbonyl (C=O) groups is 3. The second kappa shape index (κ2) is 15.0. The molecule has 2 aromatic rings. The van der Waals surface area contributed by atoms with Crippen molar-refractivity contribution in [2.45, 2.75) is 70.2 Å². The summed E-state index contributed by atoms with van der Waals surface area (Å²) in [4.78, 5) is 43.7. The molecule has 1 unspecified atom stereocenters. The fraction of sp³-hybridized carbons (Fsp3) is 0.656. The molecule has 0 bridgehead atoms. The number of benzene rings is 1. The number of halogens is 1. The molecule has 252 valence electrons. The molecule has 4 N–H and O–H groups in total. The number of aryl methyl sites for hydroxylation is 1. The van der Waals surface area contributed by atoms with Crippen LogP contribution in [0.25, 0.3) is 0 Å². The molecule has 3 aliphatic rings. The van der Waals surface area contributed by atoms with Crippen molar-refractivity contribution >= 4 is 23.4 Å². The number of amides is 3. The Morgan fingerprint density at radius 1 is 1.09 bits per heavy atom. The maximum absolute atomic E-state index is 15.7. The van der Waals surface area contributed by atoms with Crippen molar-refractivity contribution in [2.75, 3.05) is 52.3 Å². The van der Waals surface area contributed by atoms with Gasteiger partial charge in [0, 0.05) is 39.2 Å². The lowest BCUT2D eigenvalue weighted by Crippen LogP contribution is -2.56. The average Bonchev–Trinajstić information content (AvgIpc) is 3.99. The number of likely N-dealkylation sites (N-methyl/N-ethyl adjacent to an activating group) is 1. The van der Waals surface area contributed by atoms with Gasteiger partial charge in [-0.2, -0.15) is 0 Å². The predicted octanol–water partition coefficient (Wildman–Crippen LogP) is 1.80. The van der Waals surface area contributed by atoms with Crippen LogP contribution in [0.3, 0.4) is 0 Å². The molecule has 2 heterocycles. The molecule has 1 aliphatic heterocycles. The third-order valence-electron chi connectivity index (χ3n) is 9.47. The molecule has 3 fully saturated rings. The van der Waals surface area contributed by atoms with E-state index in [1.165, 1.54) is 19.2 Å². The highest BCUT2D eigenvalue weighted by Crippen LogP contribution is 2.51. The van der Waals surface area contributed by atoms with Crippen LogP contribution in [0, 0.1) is 23.6 Å². The largest absolute Gasteiger partial charge is 0.375 e. The number of rotatable bonds is 15. The molecule has 3 amide bonds. The summed E-state index contributed by atoms with van der Waals surface area (Å²) >= 11 is 0. The minimum atomic E-state index is -1.28. The van der Waals surface area contributed by atoms with Crippen LogP contribution in [0.15, 0.2) is 22.8 Å². The van der Waals surface area contributed by atoms with Crippen molar-refractivity contribution < 1.29 is 33.2 Å². The number of ether oxygens (including phenoxy) is 1. The van der Waals surface area contributed by atoms with Crippen LogP contribution in [-0.2, 0) is 25.5 Å². The van der Waals surface area contributed by atoms with Crippen molar-refractivity contribution in [1.82, 2.24) is 30.7 Å². The summed E-state index contributed by atoms with van der Waals surface area (Å²) in [6, 6.07) is 2.69. The van der Waals surface area contributed by atoms with Gasteiger partial charge in [0.05, 0.1) is 11.7 Å². The first-order valence-electron chi connectivity index (χ1n) is 16.2. The normalized spacial score (nSPS) is 19.8. The van der Waals surface area contributed by atoms with E-state index in [0.717, 1.165) is 25.7 Å². The van der Waals surface area contributed by atoms with E-state index in [9.17, 15) is 19.5 Å². The lowest BCUT2D eigenvalue weighted by molar-refractivity contribution is -0.139. The molecular weight excluding hydrogens is 597 g/mol. The maximum Gasteiger partial charge on any atom is 0.246 e. The Morgan fingerprint density at radius 2 is 1.76 bits per heavy atom. The van der Waals surface area contributed by atoms with Gasteiger partial charge in [-0.15, -0.1) is 0 Å². The van der Waals surface area contributed by atoms with Crippen LogP contribution in [0.1, 0.15) is 68.6 Å². The third kappa shape index (κ3) is 8.08. The zero-order chi connectivity index (χ0) is 33.0. The molecular formula is C32H46FN7O6. The van der Waals surface area contributed by atoms with Crippen LogP contribution >= 0.6 is 0 Å². The summed E-state index contributed by atoms with van der Waals surface area (Å²) in [6.45, 7) is 5.90. The van der Waals surface area contributed by atoms with Gasteiger partial charge in [-0.05, 0) is 74.6 Å². The number of aromatic nitrogens is 2. The number of piperazine rings is 1. The quantitative estimate of drug-likeness (QED) is 0.211. The van der Waals surface area contributed by atoms with Gasteiger partial charge < -0.3 is 30.3 Å². The van der Waals surface area contributed by atoms with E-state index >= 15 is 4.39 Å². The van der Waals surface area contributed by atoms with Crippen molar-refractivity contribution in [2.24, 2.45) is 17.8 Å². The summed E-state index contributed by atoms with van der Waals surface area (Å²) < 4.78 is 25.5. The number of methoxy groups -OCH3 is 1. The first-order chi connectivity index (χ1) is 22.1. The second-order valence-corrected chi connectivity index (χ2v) is 12.9. The molecule has 1 saturated heterocycles. The average molecular weight is 644 g/mol. The van der Waals surface area contributed by atoms with Gasteiger partial charge in [-0.1, -0.05) is 30.2 Å². The Balaban J connectivity index is 1.33. The van der Waals surface area contributed by atoms with Crippen LogP contribution in [0.2, 0.25) is 0 Å². The standard InChI is InChI=1S/C32H46FN7O6/c1-5-23-28(38-46-37-23)30(42)36-29(26(19-6-7-19)20-8-9-20)31(43)34-24-11-10-21(16-22(24)33)18(2)27(35-25(41)17-45-4)32(44)40-14-12-39(3)13-15-40/h10-11,16,18-20,26-27,29-30,36,42H,5-9,12-15,17H2,1-4H3,(H,34,43)(H,35,41)/t18-,27+,29-,30?/m0/s1. The highest BCUT2D eigenvalue weighted by Gasteiger charge is 2.48. The van der Waals surface area contributed by atoms with Crippen molar-refractivity contribution in [3.8, 4) is 0 Å². The van der Waals surface area contributed by atoms with Crippen molar-refractivity contribution in [3.05, 3.63) is 41.0 Å². The van der Waals surface area contributed by atoms with Crippen LogP contribution in [0.4, 0.5) is 10.1 Å². The fourth-order valence-electron chi connectivity index (χ4n) is 6.46. The number of carbonyl (C=O) groups excluding carboxylic acids is 3. The van der Waals surface area contributed by atoms with Gasteiger partial charge in [0.2, 0.25) is 17.7 Å². The number of hydrogen-bond acceptors (Lipinski definition) is 10. The first-order valence-corrected chi connectivity index (χ1v) is 16.2. The molecule has 1 aromatic heterocycles. The summed E-state index contributed by atoms with van der Waals surface area (Å²) in [5.74, 6) is -1.70. The molecule has 2 saturated carbocycles. The van der Waals surface area contributed by atoms with Crippen LogP contribution in [-0.4, -0.2) is 102 Å². The fourth-order valence-corrected chi connectivity index (χ4v) is 6.46. The number of anilines is 1. The maximum atomic E-state index is 15.7. The monoisotopic (exact) mass is 643 g/mol. The second-order valence-electron chi connectivity index (χ2n) is 12.9. The van der Waals surface area contributed by atoms with E-state index < -0.39 is 41.9 Å². The minimum absolute atomic E-state index is 0.0148. The molecule has 5 rings (SSSR count). The number of aliphatic hydroxyl groups excluding tert-OH is 1. The van der Waals surface area contributed by atoms with E-state index in [2.05, 4.69) is 31.2 Å². The zero-order valence-corrected chi connectivity index (χ0v) is 27.0. The minimum Gasteiger partial charge on any atom is -0.375 e. The van der Waals surface area contributed by atoms with Crippen LogP contribution < -0.4 is 16.0 Å². The molecule has 14 heteroatoms. The summed E-state index contributed by atoms with van der Waals surface area (Å²) in [5, 5.41) is 27.3. The van der Waals surface area contributed by atoms with Gasteiger partial charge in [0.15, 0.2) is 11.9 Å². The van der Waals surface area contributed by atoms with Crippen molar-refractivity contribution in [3.63, 3.8) is 0 Å².